The predicted molar refractivity (Wildman–Crippen MR) is 81.1 cm³/mol. The van der Waals surface area contributed by atoms with Gasteiger partial charge in [0.2, 0.25) is 0 Å². The van der Waals surface area contributed by atoms with E-state index in [1.165, 1.54) is 0 Å². The van der Waals surface area contributed by atoms with Crippen LogP contribution in [0.2, 0.25) is 0 Å². The highest BCUT2D eigenvalue weighted by Gasteiger charge is 2.17. The van der Waals surface area contributed by atoms with Crippen LogP contribution in [0.15, 0.2) is 18.2 Å². The second kappa shape index (κ2) is 7.96. The van der Waals surface area contributed by atoms with E-state index in [4.69, 9.17) is 20.9 Å². The first-order chi connectivity index (χ1) is 7.79. The molecule has 0 heterocycles. The lowest BCUT2D eigenvalue weighted by atomic mass is 10.2. The number of benzene rings is 1. The zero-order chi connectivity index (χ0) is 13.1. The molecule has 0 radical (unpaired) electrons. The molecule has 0 aromatic heterocycles. The lowest BCUT2D eigenvalue weighted by Crippen LogP contribution is -2.27. The lowest BCUT2D eigenvalue weighted by molar-refractivity contribution is -0.157. The summed E-state index contributed by atoms with van der Waals surface area (Å²) in [6.45, 7) is 5.18. The third-order valence-electron chi connectivity index (χ3n) is 1.87. The zero-order valence-corrected chi connectivity index (χ0v) is 12.8. The number of nitrogens with two attached hydrogens (primary N) is 2. The summed E-state index contributed by atoms with van der Waals surface area (Å²) >= 11 is 0. The van der Waals surface area contributed by atoms with Crippen molar-refractivity contribution >= 4 is 42.2 Å². The van der Waals surface area contributed by atoms with Gasteiger partial charge in [0.15, 0.2) is 6.61 Å². The molecule has 1 aromatic carbocycles. The first-order valence-electron chi connectivity index (χ1n) is 5.28. The molecule has 0 bridgehead atoms. The van der Waals surface area contributed by atoms with E-state index >= 15 is 0 Å². The average Bonchev–Trinajstić information content (AvgIpc) is 2.18. The van der Waals surface area contributed by atoms with Gasteiger partial charge in [-0.15, -0.1) is 24.8 Å². The van der Waals surface area contributed by atoms with Crippen LogP contribution in [-0.2, 0) is 9.53 Å². The van der Waals surface area contributed by atoms with Crippen LogP contribution >= 0.6 is 24.8 Å². The van der Waals surface area contributed by atoms with E-state index in [1.807, 2.05) is 0 Å². The molecule has 0 atom stereocenters. The summed E-state index contributed by atoms with van der Waals surface area (Å²) in [7, 11) is 0. The fourth-order valence-corrected chi connectivity index (χ4v) is 1.19. The van der Waals surface area contributed by atoms with Gasteiger partial charge in [0, 0.05) is 0 Å². The smallest absolute Gasteiger partial charge is 0.344 e. The molecule has 110 valence electrons. The van der Waals surface area contributed by atoms with Crippen LogP contribution < -0.4 is 16.2 Å². The van der Waals surface area contributed by atoms with Gasteiger partial charge in [0.1, 0.15) is 11.4 Å². The summed E-state index contributed by atoms with van der Waals surface area (Å²) in [5, 5.41) is 0. The van der Waals surface area contributed by atoms with Gasteiger partial charge >= 0.3 is 5.97 Å². The molecule has 0 aliphatic heterocycles. The van der Waals surface area contributed by atoms with Crippen molar-refractivity contribution in [3.63, 3.8) is 0 Å². The minimum absolute atomic E-state index is 0. The molecule has 0 saturated carbocycles. The molecule has 0 aliphatic carbocycles. The molecule has 19 heavy (non-hydrogen) atoms. The monoisotopic (exact) mass is 310 g/mol. The standard InChI is InChI=1S/C12H18N2O3.2ClH/c1-12(2,3)17-10(15)7-16-9-6-4-5-8(13)11(9)14;;/h4-6H,7,13-14H2,1-3H3;2*1H. The summed E-state index contributed by atoms with van der Waals surface area (Å²) in [5.74, 6) is -0.0600. The van der Waals surface area contributed by atoms with Crippen LogP contribution in [0.5, 0.6) is 5.75 Å². The number of halogens is 2. The van der Waals surface area contributed by atoms with Crippen LogP contribution in [0.4, 0.5) is 11.4 Å². The van der Waals surface area contributed by atoms with Crippen molar-refractivity contribution in [1.29, 1.82) is 0 Å². The Bertz CT molecular complexity index is 420. The third-order valence-corrected chi connectivity index (χ3v) is 1.87. The highest BCUT2D eigenvalue weighted by molar-refractivity contribution is 5.85. The predicted octanol–water partition coefficient (Wildman–Crippen LogP) is 2.42. The maximum Gasteiger partial charge on any atom is 0.344 e. The van der Waals surface area contributed by atoms with E-state index in [2.05, 4.69) is 0 Å². The van der Waals surface area contributed by atoms with Crippen LogP contribution in [0, 0.1) is 0 Å². The number of hydrogen-bond acceptors (Lipinski definition) is 5. The van der Waals surface area contributed by atoms with Crippen LogP contribution in [0.3, 0.4) is 0 Å². The number of rotatable bonds is 3. The molecule has 0 amide bonds. The van der Waals surface area contributed by atoms with Crippen molar-refractivity contribution in [3.8, 4) is 5.75 Å². The van der Waals surface area contributed by atoms with Gasteiger partial charge in [-0.3, -0.25) is 0 Å². The first-order valence-corrected chi connectivity index (χ1v) is 5.28. The second-order valence-electron chi connectivity index (χ2n) is 4.63. The number of esters is 1. The maximum atomic E-state index is 11.4. The molecule has 0 aliphatic rings. The Morgan fingerprint density at radius 3 is 2.32 bits per heavy atom. The maximum absolute atomic E-state index is 11.4. The van der Waals surface area contributed by atoms with E-state index in [0.29, 0.717) is 17.1 Å². The minimum Gasteiger partial charge on any atom is -0.480 e. The Kier molecular flexibility index (Phi) is 8.38. The molecule has 5 nitrogen and oxygen atoms in total. The average molecular weight is 311 g/mol. The third kappa shape index (κ3) is 6.98. The number of anilines is 2. The molecular weight excluding hydrogens is 291 g/mol. The molecule has 0 spiro atoms. The van der Waals surface area contributed by atoms with E-state index in [1.54, 1.807) is 39.0 Å². The molecule has 7 heteroatoms. The van der Waals surface area contributed by atoms with Gasteiger partial charge in [-0.1, -0.05) is 6.07 Å². The van der Waals surface area contributed by atoms with Gasteiger partial charge in [0.25, 0.3) is 0 Å². The van der Waals surface area contributed by atoms with Crippen LogP contribution in [-0.4, -0.2) is 18.2 Å². The Balaban J connectivity index is 0. The molecule has 1 rings (SSSR count). The SMILES string of the molecule is CC(C)(C)OC(=O)COc1cccc(N)c1N.Cl.Cl. The highest BCUT2D eigenvalue weighted by Crippen LogP contribution is 2.26. The first kappa shape index (κ1) is 20.0. The van der Waals surface area contributed by atoms with E-state index in [-0.39, 0.29) is 31.4 Å². The molecule has 1 aromatic rings. The summed E-state index contributed by atoms with van der Waals surface area (Å²) < 4.78 is 10.3. The Morgan fingerprint density at radius 2 is 1.79 bits per heavy atom. The minimum atomic E-state index is -0.526. The lowest BCUT2D eigenvalue weighted by Gasteiger charge is -2.19. The van der Waals surface area contributed by atoms with Gasteiger partial charge in [-0.2, -0.15) is 0 Å². The van der Waals surface area contributed by atoms with E-state index < -0.39 is 11.6 Å². The number of carbonyl (C=O) groups excluding carboxylic acids is 1. The highest BCUT2D eigenvalue weighted by atomic mass is 35.5. The van der Waals surface area contributed by atoms with Crippen molar-refractivity contribution < 1.29 is 14.3 Å². The van der Waals surface area contributed by atoms with Gasteiger partial charge in [-0.05, 0) is 32.9 Å². The largest absolute Gasteiger partial charge is 0.480 e. The number of nitrogen functional groups attached to an aromatic ring is 2. The zero-order valence-electron chi connectivity index (χ0n) is 11.1. The fraction of sp³-hybridized carbons (Fsp3) is 0.417. The number of para-hydroxylation sites is 1. The normalized spacial score (nSPS) is 9.84. The number of ether oxygens (including phenoxy) is 2. The van der Waals surface area contributed by atoms with Crippen molar-refractivity contribution in [1.82, 2.24) is 0 Å². The van der Waals surface area contributed by atoms with Crippen molar-refractivity contribution in [2.75, 3.05) is 18.1 Å². The van der Waals surface area contributed by atoms with Crippen LogP contribution in [0.25, 0.3) is 0 Å². The number of hydrogen-bond donors (Lipinski definition) is 2. The van der Waals surface area contributed by atoms with Gasteiger partial charge in [-0.25, -0.2) is 4.79 Å². The molecular formula is C12H20Cl2N2O3. The second-order valence-corrected chi connectivity index (χ2v) is 4.63. The van der Waals surface area contributed by atoms with Gasteiger partial charge in [0.05, 0.1) is 11.4 Å². The van der Waals surface area contributed by atoms with Crippen molar-refractivity contribution in [3.05, 3.63) is 18.2 Å². The quantitative estimate of drug-likeness (QED) is 0.661. The van der Waals surface area contributed by atoms with E-state index in [0.717, 1.165) is 0 Å². The Labute approximate surface area is 125 Å². The van der Waals surface area contributed by atoms with Crippen molar-refractivity contribution in [2.45, 2.75) is 26.4 Å². The Hall–Kier alpha value is -1.33. The topological polar surface area (TPSA) is 87.6 Å². The fourth-order valence-electron chi connectivity index (χ4n) is 1.19. The van der Waals surface area contributed by atoms with Crippen molar-refractivity contribution in [2.24, 2.45) is 0 Å². The Morgan fingerprint density at radius 1 is 1.21 bits per heavy atom. The van der Waals surface area contributed by atoms with Crippen LogP contribution in [0.1, 0.15) is 20.8 Å². The molecule has 0 saturated heterocycles. The summed E-state index contributed by atoms with van der Waals surface area (Å²) in [5.41, 5.74) is 11.5. The van der Waals surface area contributed by atoms with E-state index in [9.17, 15) is 4.79 Å². The summed E-state index contributed by atoms with van der Waals surface area (Å²) in [4.78, 5) is 11.4. The molecule has 4 N–H and O–H groups in total. The summed E-state index contributed by atoms with van der Waals surface area (Å²) in [6, 6.07) is 5.02. The molecule has 0 fully saturated rings. The summed E-state index contributed by atoms with van der Waals surface area (Å²) in [6.07, 6.45) is 0. The molecule has 0 unspecified atom stereocenters. The van der Waals surface area contributed by atoms with Gasteiger partial charge < -0.3 is 20.9 Å². The number of carbonyl (C=O) groups is 1.